The van der Waals surface area contributed by atoms with Crippen molar-refractivity contribution in [2.45, 2.75) is 27.9 Å². The van der Waals surface area contributed by atoms with Gasteiger partial charge in [-0.25, -0.2) is 16.8 Å². The topological polar surface area (TPSA) is 71.5 Å². The lowest BCUT2D eigenvalue weighted by atomic mass is 10.1. The zero-order valence-corrected chi connectivity index (χ0v) is 16.9. The van der Waals surface area contributed by atoms with Crippen LogP contribution < -0.4 is 0 Å². The van der Waals surface area contributed by atoms with Crippen LogP contribution in [0.2, 0.25) is 0 Å². The highest BCUT2D eigenvalue weighted by atomic mass is 32.2. The molecule has 0 spiro atoms. The Hall–Kier alpha value is -2.22. The number of sulfonamides is 1. The highest BCUT2D eigenvalue weighted by Crippen LogP contribution is 2.30. The summed E-state index contributed by atoms with van der Waals surface area (Å²) in [5.74, 6) is 0. The molecule has 28 heavy (non-hydrogen) atoms. The SMILES string of the molecule is O=S(=O)(c1ccccc1)C1CCN(S(=O)(=O)c2cccc3ccccc23)CC1. The van der Waals surface area contributed by atoms with Crippen molar-refractivity contribution in [3.8, 4) is 0 Å². The molecule has 0 bridgehead atoms. The Morgan fingerprint density at radius 3 is 2.04 bits per heavy atom. The van der Waals surface area contributed by atoms with E-state index >= 15 is 0 Å². The first-order valence-electron chi connectivity index (χ1n) is 9.17. The van der Waals surface area contributed by atoms with Gasteiger partial charge in [-0.05, 0) is 36.4 Å². The third kappa shape index (κ3) is 3.34. The number of fused-ring (bicyclic) bond motifs is 1. The highest BCUT2D eigenvalue weighted by molar-refractivity contribution is 7.92. The van der Waals surface area contributed by atoms with Crippen molar-refractivity contribution >= 4 is 30.6 Å². The van der Waals surface area contributed by atoms with E-state index in [4.69, 9.17) is 0 Å². The Balaban J connectivity index is 1.58. The largest absolute Gasteiger partial charge is 0.243 e. The molecule has 0 atom stereocenters. The summed E-state index contributed by atoms with van der Waals surface area (Å²) in [6.45, 7) is 0.393. The van der Waals surface area contributed by atoms with E-state index in [1.807, 2.05) is 24.3 Å². The lowest BCUT2D eigenvalue weighted by Gasteiger charge is -2.31. The lowest BCUT2D eigenvalue weighted by Crippen LogP contribution is -2.42. The highest BCUT2D eigenvalue weighted by Gasteiger charge is 2.36. The van der Waals surface area contributed by atoms with Gasteiger partial charge in [0.25, 0.3) is 0 Å². The second kappa shape index (κ2) is 7.31. The molecule has 4 rings (SSSR count). The zero-order valence-electron chi connectivity index (χ0n) is 15.2. The number of nitrogens with zero attached hydrogens (tertiary/aromatic N) is 1. The van der Waals surface area contributed by atoms with Gasteiger partial charge in [0.05, 0.1) is 15.0 Å². The first-order chi connectivity index (χ1) is 13.4. The summed E-state index contributed by atoms with van der Waals surface area (Å²) in [4.78, 5) is 0.570. The Labute approximate surface area is 165 Å². The van der Waals surface area contributed by atoms with E-state index in [0.717, 1.165) is 5.39 Å². The molecule has 0 saturated carbocycles. The maximum Gasteiger partial charge on any atom is 0.243 e. The van der Waals surface area contributed by atoms with E-state index < -0.39 is 25.1 Å². The lowest BCUT2D eigenvalue weighted by molar-refractivity contribution is 0.346. The summed E-state index contributed by atoms with van der Waals surface area (Å²) >= 11 is 0. The van der Waals surface area contributed by atoms with Crippen molar-refractivity contribution in [2.75, 3.05) is 13.1 Å². The summed E-state index contributed by atoms with van der Waals surface area (Å²) in [6.07, 6.45) is 0.586. The van der Waals surface area contributed by atoms with Crippen LogP contribution in [-0.4, -0.2) is 39.5 Å². The second-order valence-corrected chi connectivity index (χ2v) is 11.1. The Kier molecular flexibility index (Phi) is 4.99. The van der Waals surface area contributed by atoms with Gasteiger partial charge in [-0.15, -0.1) is 0 Å². The maximum atomic E-state index is 13.2. The molecule has 0 unspecified atom stereocenters. The normalized spacial score (nSPS) is 17.0. The maximum absolute atomic E-state index is 13.2. The van der Waals surface area contributed by atoms with Crippen molar-refractivity contribution in [3.63, 3.8) is 0 Å². The van der Waals surface area contributed by atoms with E-state index in [1.54, 1.807) is 48.5 Å². The van der Waals surface area contributed by atoms with Gasteiger partial charge in [-0.1, -0.05) is 54.6 Å². The predicted molar refractivity (Wildman–Crippen MR) is 109 cm³/mol. The summed E-state index contributed by atoms with van der Waals surface area (Å²) in [7, 11) is -7.14. The molecule has 0 N–H and O–H groups in total. The van der Waals surface area contributed by atoms with Crippen molar-refractivity contribution in [1.82, 2.24) is 4.31 Å². The molecular weight excluding hydrogens is 394 g/mol. The fourth-order valence-corrected chi connectivity index (χ4v) is 7.18. The van der Waals surface area contributed by atoms with Crippen molar-refractivity contribution in [2.24, 2.45) is 0 Å². The van der Waals surface area contributed by atoms with E-state index in [2.05, 4.69) is 0 Å². The fourth-order valence-electron chi connectivity index (χ4n) is 3.75. The van der Waals surface area contributed by atoms with Gasteiger partial charge < -0.3 is 0 Å². The minimum Gasteiger partial charge on any atom is -0.223 e. The molecule has 0 aromatic heterocycles. The van der Waals surface area contributed by atoms with Gasteiger partial charge in [0, 0.05) is 18.5 Å². The van der Waals surface area contributed by atoms with Gasteiger partial charge in [0.15, 0.2) is 9.84 Å². The smallest absolute Gasteiger partial charge is 0.223 e. The molecule has 3 aromatic rings. The first-order valence-corrected chi connectivity index (χ1v) is 12.2. The fraction of sp³-hybridized carbons (Fsp3) is 0.238. The summed E-state index contributed by atoms with van der Waals surface area (Å²) in [6, 6.07) is 21.0. The summed E-state index contributed by atoms with van der Waals surface area (Å²) in [5, 5.41) is 0.989. The third-order valence-electron chi connectivity index (χ3n) is 5.28. The van der Waals surface area contributed by atoms with Gasteiger partial charge in [0.2, 0.25) is 10.0 Å². The van der Waals surface area contributed by atoms with Crippen molar-refractivity contribution < 1.29 is 16.8 Å². The molecule has 0 aliphatic carbocycles. The standard InChI is InChI=1S/C21H21NO4S2/c23-27(24,18-9-2-1-3-10-18)19-13-15-22(16-14-19)28(25,26)21-12-6-8-17-7-4-5-11-20(17)21/h1-12,19H,13-16H2. The number of hydrogen-bond donors (Lipinski definition) is 0. The minimum absolute atomic E-state index is 0.197. The van der Waals surface area contributed by atoms with Gasteiger partial charge >= 0.3 is 0 Å². The Morgan fingerprint density at radius 2 is 1.32 bits per heavy atom. The first kappa shape index (κ1) is 19.1. The molecule has 0 amide bonds. The number of rotatable bonds is 4. The molecular formula is C21H21NO4S2. The molecule has 1 fully saturated rings. The van der Waals surface area contributed by atoms with Crippen LogP contribution in [0.25, 0.3) is 10.8 Å². The zero-order chi connectivity index (χ0) is 19.8. The van der Waals surface area contributed by atoms with Crippen molar-refractivity contribution in [3.05, 3.63) is 72.8 Å². The van der Waals surface area contributed by atoms with Crippen LogP contribution in [0.15, 0.2) is 82.6 Å². The predicted octanol–water partition coefficient (Wildman–Crippen LogP) is 3.47. The molecule has 5 nitrogen and oxygen atoms in total. The molecule has 3 aromatic carbocycles. The van der Waals surface area contributed by atoms with Gasteiger partial charge in [0.1, 0.15) is 0 Å². The van der Waals surface area contributed by atoms with Gasteiger partial charge in [-0.2, -0.15) is 4.31 Å². The van der Waals surface area contributed by atoms with Crippen LogP contribution in [-0.2, 0) is 19.9 Å². The van der Waals surface area contributed by atoms with E-state index in [-0.39, 0.29) is 18.0 Å². The Bertz CT molecular complexity index is 1190. The van der Waals surface area contributed by atoms with Crippen molar-refractivity contribution in [1.29, 1.82) is 0 Å². The minimum atomic E-state index is -3.68. The van der Waals surface area contributed by atoms with Crippen LogP contribution >= 0.6 is 0 Å². The quantitative estimate of drug-likeness (QED) is 0.654. The number of sulfone groups is 1. The molecule has 7 heteroatoms. The second-order valence-electron chi connectivity index (χ2n) is 6.94. The van der Waals surface area contributed by atoms with E-state index in [9.17, 15) is 16.8 Å². The van der Waals surface area contributed by atoms with E-state index in [1.165, 1.54) is 4.31 Å². The van der Waals surface area contributed by atoms with Crippen LogP contribution in [0.3, 0.4) is 0 Å². The molecule has 1 saturated heterocycles. The van der Waals surface area contributed by atoms with Crippen LogP contribution in [0.4, 0.5) is 0 Å². The monoisotopic (exact) mass is 415 g/mol. The molecule has 1 aliphatic heterocycles. The van der Waals surface area contributed by atoms with Gasteiger partial charge in [-0.3, -0.25) is 0 Å². The number of piperidine rings is 1. The molecule has 1 heterocycles. The average Bonchev–Trinajstić information content (AvgIpc) is 2.74. The van der Waals surface area contributed by atoms with Crippen LogP contribution in [0.5, 0.6) is 0 Å². The Morgan fingerprint density at radius 1 is 0.714 bits per heavy atom. The number of benzene rings is 3. The summed E-state index contributed by atoms with van der Waals surface area (Å²) in [5.41, 5.74) is 0. The van der Waals surface area contributed by atoms with Crippen LogP contribution in [0, 0.1) is 0 Å². The summed E-state index contributed by atoms with van der Waals surface area (Å²) < 4.78 is 53.5. The molecule has 0 radical (unpaired) electrons. The van der Waals surface area contributed by atoms with Crippen LogP contribution in [0.1, 0.15) is 12.8 Å². The molecule has 146 valence electrons. The molecule has 1 aliphatic rings. The number of hydrogen-bond acceptors (Lipinski definition) is 4. The average molecular weight is 416 g/mol. The van der Waals surface area contributed by atoms with E-state index in [0.29, 0.717) is 23.1 Å². The third-order valence-corrected chi connectivity index (χ3v) is 9.51.